The van der Waals surface area contributed by atoms with Crippen LogP contribution in [-0.4, -0.2) is 5.91 Å². The third-order valence-corrected chi connectivity index (χ3v) is 1.66. The van der Waals surface area contributed by atoms with Gasteiger partial charge in [-0.25, -0.2) is 0 Å². The maximum absolute atomic E-state index is 10.5. The second-order valence-corrected chi connectivity index (χ2v) is 2.79. The highest BCUT2D eigenvalue weighted by Gasteiger charge is 1.96. The van der Waals surface area contributed by atoms with Crippen molar-refractivity contribution in [3.8, 4) is 0 Å². The van der Waals surface area contributed by atoms with Crippen LogP contribution in [0.15, 0.2) is 28.7 Å². The monoisotopic (exact) mass is 271 g/mol. The van der Waals surface area contributed by atoms with Crippen molar-refractivity contribution in [2.24, 2.45) is 5.73 Å². The van der Waals surface area contributed by atoms with Gasteiger partial charge in [-0.15, -0.1) is 24.8 Å². The van der Waals surface area contributed by atoms with E-state index in [2.05, 4.69) is 15.9 Å². The lowest BCUT2D eigenvalue weighted by atomic mass is 10.2. The summed E-state index contributed by atoms with van der Waals surface area (Å²) in [6.07, 6.45) is 0. The number of halogens is 3. The van der Waals surface area contributed by atoms with Gasteiger partial charge in [0.25, 0.3) is 0 Å². The molecule has 0 saturated heterocycles. The molecule has 5 heteroatoms. The van der Waals surface area contributed by atoms with E-state index in [1.165, 1.54) is 0 Å². The Morgan fingerprint density at radius 1 is 1.17 bits per heavy atom. The molecule has 1 aromatic carbocycles. The topological polar surface area (TPSA) is 43.1 Å². The first-order valence-corrected chi connectivity index (χ1v) is 3.55. The van der Waals surface area contributed by atoms with Gasteiger partial charge >= 0.3 is 0 Å². The van der Waals surface area contributed by atoms with Crippen LogP contribution in [0.1, 0.15) is 10.4 Å². The van der Waals surface area contributed by atoms with Crippen LogP contribution in [0.2, 0.25) is 0 Å². The Balaban J connectivity index is 0. The molecule has 12 heavy (non-hydrogen) atoms. The number of nitrogens with two attached hydrogens (primary N) is 1. The fourth-order valence-electron chi connectivity index (χ4n) is 0.614. The smallest absolute Gasteiger partial charge is 0.248 e. The lowest BCUT2D eigenvalue weighted by Crippen LogP contribution is -2.10. The molecule has 2 N–H and O–H groups in total. The number of amides is 1. The molecule has 0 bridgehead atoms. The SMILES string of the molecule is Cl.Cl.NC(=O)c1ccc(Br)cc1. The average Bonchev–Trinajstić information content (AvgIpc) is 1.88. The van der Waals surface area contributed by atoms with Gasteiger partial charge in [-0.2, -0.15) is 0 Å². The van der Waals surface area contributed by atoms with Crippen molar-refractivity contribution in [2.75, 3.05) is 0 Å². The molecule has 0 aliphatic rings. The Labute approximate surface area is 91.5 Å². The Morgan fingerprint density at radius 3 is 1.92 bits per heavy atom. The van der Waals surface area contributed by atoms with Crippen molar-refractivity contribution in [1.82, 2.24) is 0 Å². The standard InChI is InChI=1S/C7H6BrNO.2ClH/c8-6-3-1-5(2-4-6)7(9)10;;/h1-4H,(H2,9,10);2*1H. The van der Waals surface area contributed by atoms with Crippen LogP contribution in [0.4, 0.5) is 0 Å². The van der Waals surface area contributed by atoms with Crippen molar-refractivity contribution in [2.45, 2.75) is 0 Å². The zero-order valence-corrected chi connectivity index (χ0v) is 9.21. The number of carbonyl (C=O) groups is 1. The van der Waals surface area contributed by atoms with Crippen molar-refractivity contribution in [3.05, 3.63) is 34.3 Å². The maximum Gasteiger partial charge on any atom is 0.248 e. The first-order chi connectivity index (χ1) is 4.70. The molecule has 1 aromatic rings. The van der Waals surface area contributed by atoms with Gasteiger partial charge < -0.3 is 5.73 Å². The molecule has 0 unspecified atom stereocenters. The number of benzene rings is 1. The molecule has 68 valence electrons. The van der Waals surface area contributed by atoms with Gasteiger partial charge in [-0.3, -0.25) is 4.79 Å². The van der Waals surface area contributed by atoms with E-state index in [1.54, 1.807) is 24.3 Å². The predicted molar refractivity (Wildman–Crippen MR) is 57.2 cm³/mol. The Hall–Kier alpha value is -0.250. The molecule has 0 fully saturated rings. The van der Waals surface area contributed by atoms with Crippen LogP contribution in [0.5, 0.6) is 0 Å². The van der Waals surface area contributed by atoms with Gasteiger partial charge in [-0.1, -0.05) is 15.9 Å². The van der Waals surface area contributed by atoms with E-state index in [-0.39, 0.29) is 24.8 Å². The number of rotatable bonds is 1. The lowest BCUT2D eigenvalue weighted by Gasteiger charge is -1.92. The van der Waals surface area contributed by atoms with Gasteiger partial charge in [0.2, 0.25) is 5.91 Å². The van der Waals surface area contributed by atoms with Crippen LogP contribution in [0.3, 0.4) is 0 Å². The minimum absolute atomic E-state index is 0. The molecule has 0 radical (unpaired) electrons. The molecule has 0 saturated carbocycles. The number of carbonyl (C=O) groups excluding carboxylic acids is 1. The average molecular weight is 273 g/mol. The second kappa shape index (κ2) is 6.29. The van der Waals surface area contributed by atoms with Crippen molar-refractivity contribution in [1.29, 1.82) is 0 Å². The van der Waals surface area contributed by atoms with Crippen LogP contribution >= 0.6 is 40.7 Å². The van der Waals surface area contributed by atoms with E-state index >= 15 is 0 Å². The minimum Gasteiger partial charge on any atom is -0.366 e. The van der Waals surface area contributed by atoms with Crippen molar-refractivity contribution in [3.63, 3.8) is 0 Å². The summed E-state index contributed by atoms with van der Waals surface area (Å²) in [6.45, 7) is 0. The first-order valence-electron chi connectivity index (χ1n) is 2.75. The molecule has 2 nitrogen and oxygen atoms in total. The summed E-state index contributed by atoms with van der Waals surface area (Å²) in [5, 5.41) is 0. The molecule has 1 rings (SSSR count). The van der Waals surface area contributed by atoms with Crippen LogP contribution in [-0.2, 0) is 0 Å². The molecule has 1 amide bonds. The summed E-state index contributed by atoms with van der Waals surface area (Å²) in [7, 11) is 0. The summed E-state index contributed by atoms with van der Waals surface area (Å²) in [5.74, 6) is -0.396. The molecule has 0 aliphatic carbocycles. The van der Waals surface area contributed by atoms with Gasteiger partial charge in [0, 0.05) is 10.0 Å². The molecular formula is C7H8BrCl2NO. The highest BCUT2D eigenvalue weighted by atomic mass is 79.9. The molecule has 0 heterocycles. The fourth-order valence-corrected chi connectivity index (χ4v) is 0.878. The zero-order chi connectivity index (χ0) is 7.56. The number of hydrogen-bond donors (Lipinski definition) is 1. The molecular weight excluding hydrogens is 265 g/mol. The van der Waals surface area contributed by atoms with E-state index in [1.807, 2.05) is 0 Å². The molecule has 0 atom stereocenters. The minimum atomic E-state index is -0.396. The lowest BCUT2D eigenvalue weighted by molar-refractivity contribution is 0.100. The van der Waals surface area contributed by atoms with Crippen LogP contribution in [0.25, 0.3) is 0 Å². The third-order valence-electron chi connectivity index (χ3n) is 1.13. The second-order valence-electron chi connectivity index (χ2n) is 1.87. The van der Waals surface area contributed by atoms with Gasteiger partial charge in [-0.05, 0) is 24.3 Å². The van der Waals surface area contributed by atoms with Crippen LogP contribution < -0.4 is 5.73 Å². The fraction of sp³-hybridized carbons (Fsp3) is 0. The summed E-state index contributed by atoms with van der Waals surface area (Å²) in [5.41, 5.74) is 5.54. The van der Waals surface area contributed by atoms with Gasteiger partial charge in [0.15, 0.2) is 0 Å². The van der Waals surface area contributed by atoms with E-state index in [9.17, 15) is 4.79 Å². The van der Waals surface area contributed by atoms with Gasteiger partial charge in [0.05, 0.1) is 0 Å². The molecule has 0 aromatic heterocycles. The zero-order valence-electron chi connectivity index (χ0n) is 5.99. The van der Waals surface area contributed by atoms with Gasteiger partial charge in [0.1, 0.15) is 0 Å². The maximum atomic E-state index is 10.5. The Bertz CT molecular complexity index is 250. The predicted octanol–water partition coefficient (Wildman–Crippen LogP) is 2.39. The van der Waals surface area contributed by atoms with E-state index in [0.29, 0.717) is 5.56 Å². The highest BCUT2D eigenvalue weighted by molar-refractivity contribution is 9.10. The van der Waals surface area contributed by atoms with Crippen molar-refractivity contribution < 1.29 is 4.79 Å². The summed E-state index contributed by atoms with van der Waals surface area (Å²) >= 11 is 3.24. The molecule has 0 aliphatic heterocycles. The van der Waals surface area contributed by atoms with E-state index in [0.717, 1.165) is 4.47 Å². The third kappa shape index (κ3) is 3.95. The Morgan fingerprint density at radius 2 is 1.58 bits per heavy atom. The van der Waals surface area contributed by atoms with E-state index in [4.69, 9.17) is 5.73 Å². The van der Waals surface area contributed by atoms with E-state index < -0.39 is 5.91 Å². The van der Waals surface area contributed by atoms with Crippen molar-refractivity contribution >= 4 is 46.7 Å². The number of primary amides is 1. The summed E-state index contributed by atoms with van der Waals surface area (Å²) in [6, 6.07) is 6.90. The normalized spacial score (nSPS) is 7.75. The highest BCUT2D eigenvalue weighted by Crippen LogP contribution is 2.09. The molecule has 0 spiro atoms. The quantitative estimate of drug-likeness (QED) is 0.838. The van der Waals surface area contributed by atoms with Crippen LogP contribution in [0, 0.1) is 0 Å². The number of hydrogen-bond acceptors (Lipinski definition) is 1. The summed E-state index contributed by atoms with van der Waals surface area (Å²) < 4.78 is 0.942. The first kappa shape index (κ1) is 14.3. The largest absolute Gasteiger partial charge is 0.366 e. The summed E-state index contributed by atoms with van der Waals surface area (Å²) in [4.78, 5) is 10.5. The Kier molecular flexibility index (Phi) is 7.48.